The van der Waals surface area contributed by atoms with Gasteiger partial charge in [-0.1, -0.05) is 25.8 Å². The van der Waals surface area contributed by atoms with Gasteiger partial charge in [-0.25, -0.2) is 0 Å². The number of nitrogens with one attached hydrogen (secondary N) is 1. The van der Waals surface area contributed by atoms with Crippen LogP contribution in [0.5, 0.6) is 5.75 Å². The Bertz CT molecular complexity index is 1030. The molecule has 1 N–H and O–H groups in total. The van der Waals surface area contributed by atoms with E-state index in [4.69, 9.17) is 4.74 Å². The number of fused-ring (bicyclic) bond motifs is 1. The summed E-state index contributed by atoms with van der Waals surface area (Å²) in [7, 11) is 0. The molecule has 9 heteroatoms. The third-order valence-electron chi connectivity index (χ3n) is 5.36. The fourth-order valence-electron chi connectivity index (χ4n) is 3.60. The molecule has 0 spiro atoms. The molecular weight excluding hydrogens is 426 g/mol. The summed E-state index contributed by atoms with van der Waals surface area (Å²) in [6.45, 7) is 2.92. The molecule has 2 aromatic carbocycles. The van der Waals surface area contributed by atoms with Crippen molar-refractivity contribution in [2.75, 3.05) is 18.5 Å². The number of rotatable bonds is 12. The van der Waals surface area contributed by atoms with Crippen LogP contribution in [0.4, 0.5) is 11.4 Å². The number of ether oxygens (including phenoxy) is 1. The molecule has 1 heterocycles. The van der Waals surface area contributed by atoms with Crippen molar-refractivity contribution in [1.29, 1.82) is 0 Å². The summed E-state index contributed by atoms with van der Waals surface area (Å²) >= 11 is 0. The van der Waals surface area contributed by atoms with Gasteiger partial charge in [-0.3, -0.25) is 29.4 Å². The molecule has 0 unspecified atom stereocenters. The molecule has 174 valence electrons. The number of hydrogen-bond donors (Lipinski definition) is 1. The highest BCUT2D eigenvalue weighted by molar-refractivity contribution is 6.23. The van der Waals surface area contributed by atoms with Crippen LogP contribution in [-0.4, -0.2) is 40.7 Å². The first-order valence-corrected chi connectivity index (χ1v) is 11.1. The van der Waals surface area contributed by atoms with Crippen molar-refractivity contribution in [3.05, 3.63) is 63.7 Å². The maximum Gasteiger partial charge on any atom is 0.282 e. The highest BCUT2D eigenvalue weighted by Gasteiger charge is 2.40. The number of carbonyl (C=O) groups is 3. The van der Waals surface area contributed by atoms with Crippen LogP contribution in [0.2, 0.25) is 0 Å². The molecule has 9 nitrogen and oxygen atoms in total. The average molecular weight is 453 g/mol. The predicted molar refractivity (Wildman–Crippen MR) is 122 cm³/mol. The molecule has 1 aliphatic heterocycles. The van der Waals surface area contributed by atoms with Gasteiger partial charge < -0.3 is 10.1 Å². The van der Waals surface area contributed by atoms with Crippen LogP contribution < -0.4 is 10.1 Å². The molecule has 0 aliphatic carbocycles. The Morgan fingerprint density at radius 2 is 1.79 bits per heavy atom. The molecule has 3 amide bonds. The lowest BCUT2D eigenvalue weighted by atomic mass is 10.1. The minimum Gasteiger partial charge on any atom is -0.494 e. The smallest absolute Gasteiger partial charge is 0.282 e. The minimum atomic E-state index is -0.654. The Morgan fingerprint density at radius 3 is 2.48 bits per heavy atom. The van der Waals surface area contributed by atoms with Crippen molar-refractivity contribution in [2.24, 2.45) is 0 Å². The molecule has 2 aromatic rings. The van der Waals surface area contributed by atoms with Gasteiger partial charge in [-0.2, -0.15) is 0 Å². The molecule has 0 aromatic heterocycles. The molecule has 0 fully saturated rings. The zero-order chi connectivity index (χ0) is 23.8. The van der Waals surface area contributed by atoms with Crippen LogP contribution in [-0.2, 0) is 4.79 Å². The molecule has 1 aliphatic rings. The molecule has 3 rings (SSSR count). The highest BCUT2D eigenvalue weighted by atomic mass is 16.6. The summed E-state index contributed by atoms with van der Waals surface area (Å²) in [5, 5.41) is 14.0. The molecule has 33 heavy (non-hydrogen) atoms. The van der Waals surface area contributed by atoms with E-state index < -0.39 is 16.7 Å². The van der Waals surface area contributed by atoms with Crippen molar-refractivity contribution in [1.82, 2.24) is 4.90 Å². The molecule has 0 atom stereocenters. The van der Waals surface area contributed by atoms with Gasteiger partial charge in [0.2, 0.25) is 5.91 Å². The van der Waals surface area contributed by atoms with E-state index in [-0.39, 0.29) is 29.3 Å². The van der Waals surface area contributed by atoms with E-state index in [1.165, 1.54) is 18.2 Å². The van der Waals surface area contributed by atoms with Crippen molar-refractivity contribution in [3.63, 3.8) is 0 Å². The summed E-state index contributed by atoms with van der Waals surface area (Å²) in [6, 6.07) is 11.3. The predicted octanol–water partition coefficient (Wildman–Crippen LogP) is 4.57. The largest absolute Gasteiger partial charge is 0.494 e. The summed E-state index contributed by atoms with van der Waals surface area (Å²) in [6.07, 6.45) is 4.10. The Morgan fingerprint density at radius 1 is 1.03 bits per heavy atom. The van der Waals surface area contributed by atoms with Crippen LogP contribution in [0.15, 0.2) is 42.5 Å². The number of carbonyl (C=O) groups excluding carboxylic acids is 3. The van der Waals surface area contributed by atoms with Gasteiger partial charge in [0, 0.05) is 24.7 Å². The normalized spacial score (nSPS) is 12.6. The van der Waals surface area contributed by atoms with Gasteiger partial charge in [-0.05, 0) is 49.6 Å². The van der Waals surface area contributed by atoms with Crippen molar-refractivity contribution >= 4 is 29.1 Å². The van der Waals surface area contributed by atoms with E-state index in [0.717, 1.165) is 23.5 Å². The van der Waals surface area contributed by atoms with Crippen LogP contribution in [0.1, 0.15) is 66.2 Å². The van der Waals surface area contributed by atoms with E-state index in [0.29, 0.717) is 38.0 Å². The Kier molecular flexibility index (Phi) is 8.12. The fourth-order valence-corrected chi connectivity index (χ4v) is 3.60. The topological polar surface area (TPSA) is 119 Å². The maximum absolute atomic E-state index is 12.5. The SMILES string of the molecule is CCCCOc1ccc(NC(=O)CCCCCN2C(=O)c3cccc([N+](=O)[O-])c3C2=O)cc1. The second-order valence-electron chi connectivity index (χ2n) is 7.80. The van der Waals surface area contributed by atoms with Gasteiger partial charge in [0.05, 0.1) is 17.1 Å². The first-order chi connectivity index (χ1) is 15.9. The third kappa shape index (κ3) is 5.94. The average Bonchev–Trinajstić information content (AvgIpc) is 3.05. The van der Waals surface area contributed by atoms with E-state index in [9.17, 15) is 24.5 Å². The van der Waals surface area contributed by atoms with Crippen molar-refractivity contribution < 1.29 is 24.0 Å². The van der Waals surface area contributed by atoms with Gasteiger partial charge in [-0.15, -0.1) is 0 Å². The van der Waals surface area contributed by atoms with E-state index in [1.54, 1.807) is 12.1 Å². The van der Waals surface area contributed by atoms with Gasteiger partial charge in [0.25, 0.3) is 17.5 Å². The zero-order valence-corrected chi connectivity index (χ0v) is 18.5. The van der Waals surface area contributed by atoms with E-state index in [2.05, 4.69) is 12.2 Å². The van der Waals surface area contributed by atoms with E-state index in [1.807, 2.05) is 12.1 Å². The first kappa shape index (κ1) is 23.9. The van der Waals surface area contributed by atoms with Gasteiger partial charge in [0.1, 0.15) is 11.3 Å². The molecule has 0 saturated heterocycles. The summed E-state index contributed by atoms with van der Waals surface area (Å²) < 4.78 is 5.60. The molecule has 0 bridgehead atoms. The fraction of sp³-hybridized carbons (Fsp3) is 0.375. The monoisotopic (exact) mass is 453 g/mol. The summed E-state index contributed by atoms with van der Waals surface area (Å²) in [5.74, 6) is -0.508. The molecule has 0 saturated carbocycles. The number of nitrogens with zero attached hydrogens (tertiary/aromatic N) is 2. The number of nitro benzene ring substituents is 1. The number of hydrogen-bond acceptors (Lipinski definition) is 6. The quantitative estimate of drug-likeness (QED) is 0.218. The maximum atomic E-state index is 12.5. The number of benzene rings is 2. The lowest BCUT2D eigenvalue weighted by molar-refractivity contribution is -0.385. The lowest BCUT2D eigenvalue weighted by Crippen LogP contribution is -2.30. The van der Waals surface area contributed by atoms with Crippen molar-refractivity contribution in [3.8, 4) is 5.75 Å². The van der Waals surface area contributed by atoms with Crippen molar-refractivity contribution in [2.45, 2.75) is 45.4 Å². The summed E-state index contributed by atoms with van der Waals surface area (Å²) in [4.78, 5) is 48.7. The Hall–Kier alpha value is -3.75. The second kappa shape index (κ2) is 11.2. The van der Waals surface area contributed by atoms with Gasteiger partial charge in [0.15, 0.2) is 0 Å². The first-order valence-electron chi connectivity index (χ1n) is 11.1. The van der Waals surface area contributed by atoms with Crippen LogP contribution in [0, 0.1) is 10.1 Å². The number of unbranched alkanes of at least 4 members (excludes halogenated alkanes) is 3. The highest BCUT2D eigenvalue weighted by Crippen LogP contribution is 2.30. The third-order valence-corrected chi connectivity index (χ3v) is 5.36. The van der Waals surface area contributed by atoms with Crippen LogP contribution in [0.25, 0.3) is 0 Å². The number of nitro groups is 1. The van der Waals surface area contributed by atoms with Gasteiger partial charge >= 0.3 is 0 Å². The zero-order valence-electron chi connectivity index (χ0n) is 18.5. The number of amides is 3. The standard InChI is InChI=1S/C24H27N3O6/c1-2-3-16-33-18-13-11-17(12-14-18)25-21(28)10-5-4-6-15-26-23(29)19-8-7-9-20(27(31)32)22(19)24(26)30/h7-9,11-14H,2-6,10,15-16H2,1H3,(H,25,28). The Balaban J connectivity index is 1.40. The summed E-state index contributed by atoms with van der Waals surface area (Å²) in [5.41, 5.74) is 0.255. The van der Waals surface area contributed by atoms with Crippen LogP contribution >= 0.6 is 0 Å². The Labute approximate surface area is 191 Å². The number of imide groups is 1. The number of anilines is 1. The minimum absolute atomic E-state index is 0.0651. The van der Waals surface area contributed by atoms with E-state index >= 15 is 0 Å². The van der Waals surface area contributed by atoms with Crippen LogP contribution in [0.3, 0.4) is 0 Å². The second-order valence-corrected chi connectivity index (χ2v) is 7.80. The lowest BCUT2D eigenvalue weighted by Gasteiger charge is -2.13. The molecular formula is C24H27N3O6. The molecule has 0 radical (unpaired) electrons.